The molecule has 0 unspecified atom stereocenters. The van der Waals surface area contributed by atoms with Crippen molar-refractivity contribution >= 4 is 15.9 Å². The van der Waals surface area contributed by atoms with E-state index >= 15 is 0 Å². The number of furan rings is 1. The number of hydrogen-bond donors (Lipinski definition) is 0. The maximum Gasteiger partial charge on any atom is 0.289 e. The molecule has 1 aromatic carbocycles. The molecule has 1 aromatic heterocycles. The van der Waals surface area contributed by atoms with Crippen LogP contribution >= 0.6 is 0 Å². The molecule has 0 bridgehead atoms. The van der Waals surface area contributed by atoms with E-state index in [1.54, 1.807) is 4.90 Å². The number of amides is 1. The molecule has 4 rings (SSSR count). The molecule has 8 heteroatoms. The highest BCUT2D eigenvalue weighted by molar-refractivity contribution is 7.89. The van der Waals surface area contributed by atoms with Gasteiger partial charge in [-0.1, -0.05) is 24.3 Å². The van der Waals surface area contributed by atoms with E-state index in [0.717, 1.165) is 12.0 Å². The summed E-state index contributed by atoms with van der Waals surface area (Å²) >= 11 is 0. The number of carbonyl (C=O) groups is 1. The van der Waals surface area contributed by atoms with Gasteiger partial charge in [-0.2, -0.15) is 4.31 Å². The van der Waals surface area contributed by atoms with Crippen LogP contribution in [0, 0.1) is 0 Å². The smallest absolute Gasteiger partial charge is 0.289 e. The minimum Gasteiger partial charge on any atom is -0.438 e. The van der Waals surface area contributed by atoms with Gasteiger partial charge in [0.25, 0.3) is 15.9 Å². The number of rotatable bonds is 3. The summed E-state index contributed by atoms with van der Waals surface area (Å²) in [6, 6.07) is 10.8. The average molecular weight is 376 g/mol. The lowest BCUT2D eigenvalue weighted by atomic mass is 10.00. The number of hydrogen-bond acceptors (Lipinski definition) is 5. The zero-order valence-electron chi connectivity index (χ0n) is 14.3. The molecular formula is C18H20N2O5S. The zero-order valence-corrected chi connectivity index (χ0v) is 15.1. The molecule has 3 heterocycles. The van der Waals surface area contributed by atoms with Gasteiger partial charge in [0.15, 0.2) is 5.76 Å². The van der Waals surface area contributed by atoms with Crippen molar-refractivity contribution in [3.63, 3.8) is 0 Å². The van der Waals surface area contributed by atoms with E-state index in [0.29, 0.717) is 26.3 Å². The van der Waals surface area contributed by atoms with Crippen LogP contribution in [0.3, 0.4) is 0 Å². The Labute approximate surface area is 152 Å². The standard InChI is InChI=1S/C18H20N2O5S/c21-18(19-8-7-14-3-1-2-4-15(14)13-19)16-5-6-17(25-16)26(22,23)20-9-11-24-12-10-20/h1-6H,7-13H2. The molecule has 2 aliphatic rings. The Balaban J connectivity index is 1.52. The van der Waals surface area contributed by atoms with Crippen molar-refractivity contribution in [3.8, 4) is 0 Å². The predicted octanol–water partition coefficient (Wildman–Crippen LogP) is 1.50. The Morgan fingerprint density at radius 2 is 1.69 bits per heavy atom. The van der Waals surface area contributed by atoms with E-state index in [4.69, 9.17) is 9.15 Å². The van der Waals surface area contributed by atoms with Crippen LogP contribution in [-0.4, -0.2) is 56.4 Å². The van der Waals surface area contributed by atoms with Crippen molar-refractivity contribution in [1.82, 2.24) is 9.21 Å². The van der Waals surface area contributed by atoms with Gasteiger partial charge < -0.3 is 14.1 Å². The van der Waals surface area contributed by atoms with Crippen LogP contribution in [0.1, 0.15) is 21.7 Å². The van der Waals surface area contributed by atoms with Crippen LogP contribution in [0.15, 0.2) is 45.9 Å². The number of fused-ring (bicyclic) bond motifs is 1. The lowest BCUT2D eigenvalue weighted by Gasteiger charge is -2.28. The molecule has 1 fully saturated rings. The van der Waals surface area contributed by atoms with Crippen molar-refractivity contribution < 1.29 is 22.4 Å². The van der Waals surface area contributed by atoms with Crippen molar-refractivity contribution in [3.05, 3.63) is 53.3 Å². The normalized spacial score (nSPS) is 18.5. The number of carbonyl (C=O) groups excluding carboxylic acids is 1. The van der Waals surface area contributed by atoms with Crippen molar-refractivity contribution in [2.45, 2.75) is 18.1 Å². The second-order valence-electron chi connectivity index (χ2n) is 6.38. The zero-order chi connectivity index (χ0) is 18.1. The highest BCUT2D eigenvalue weighted by Crippen LogP contribution is 2.24. The number of nitrogens with zero attached hydrogens (tertiary/aromatic N) is 2. The average Bonchev–Trinajstić information content (AvgIpc) is 3.19. The second kappa shape index (κ2) is 6.86. The van der Waals surface area contributed by atoms with E-state index in [1.807, 2.05) is 18.2 Å². The fraction of sp³-hybridized carbons (Fsp3) is 0.389. The summed E-state index contributed by atoms with van der Waals surface area (Å²) in [5, 5.41) is -0.194. The summed E-state index contributed by atoms with van der Waals surface area (Å²) in [6.45, 7) is 2.38. The molecule has 0 spiro atoms. The van der Waals surface area contributed by atoms with E-state index < -0.39 is 10.0 Å². The molecule has 1 amide bonds. The first-order valence-electron chi connectivity index (χ1n) is 8.59. The van der Waals surface area contributed by atoms with Gasteiger partial charge in [0, 0.05) is 26.2 Å². The Hall–Kier alpha value is -2.16. The van der Waals surface area contributed by atoms with Gasteiger partial charge in [0.1, 0.15) is 0 Å². The van der Waals surface area contributed by atoms with Gasteiger partial charge in [0.05, 0.1) is 13.2 Å². The summed E-state index contributed by atoms with van der Waals surface area (Å²) in [7, 11) is -3.74. The summed E-state index contributed by atoms with van der Waals surface area (Å²) < 4.78 is 37.2. The third kappa shape index (κ3) is 3.15. The van der Waals surface area contributed by atoms with Crippen LogP contribution in [0.4, 0.5) is 0 Å². The van der Waals surface area contributed by atoms with E-state index in [9.17, 15) is 13.2 Å². The number of benzene rings is 1. The van der Waals surface area contributed by atoms with Crippen LogP contribution in [0.2, 0.25) is 0 Å². The van der Waals surface area contributed by atoms with Gasteiger partial charge in [-0.3, -0.25) is 4.79 Å². The molecule has 7 nitrogen and oxygen atoms in total. The van der Waals surface area contributed by atoms with E-state index in [2.05, 4.69) is 6.07 Å². The van der Waals surface area contributed by atoms with Crippen LogP contribution in [0.25, 0.3) is 0 Å². The van der Waals surface area contributed by atoms with Crippen LogP contribution < -0.4 is 0 Å². The fourth-order valence-corrected chi connectivity index (χ4v) is 4.63. The Kier molecular flexibility index (Phi) is 4.56. The first-order chi connectivity index (χ1) is 12.6. The van der Waals surface area contributed by atoms with Gasteiger partial charge in [-0.05, 0) is 29.7 Å². The Morgan fingerprint density at radius 3 is 2.46 bits per heavy atom. The molecule has 2 aliphatic heterocycles. The number of ether oxygens (including phenoxy) is 1. The van der Waals surface area contributed by atoms with Gasteiger partial charge in [0.2, 0.25) is 5.09 Å². The molecule has 0 saturated carbocycles. The predicted molar refractivity (Wildman–Crippen MR) is 93.2 cm³/mol. The minimum atomic E-state index is -3.74. The van der Waals surface area contributed by atoms with Crippen molar-refractivity contribution in [2.24, 2.45) is 0 Å². The fourth-order valence-electron chi connectivity index (χ4n) is 3.31. The molecular weight excluding hydrogens is 356 g/mol. The third-order valence-corrected chi connectivity index (χ3v) is 6.55. The van der Waals surface area contributed by atoms with Gasteiger partial charge in [-0.15, -0.1) is 0 Å². The van der Waals surface area contributed by atoms with E-state index in [-0.39, 0.29) is 29.8 Å². The molecule has 0 N–H and O–H groups in total. The highest BCUT2D eigenvalue weighted by atomic mass is 32.2. The Morgan fingerprint density at radius 1 is 0.962 bits per heavy atom. The van der Waals surface area contributed by atoms with Crippen LogP contribution in [-0.2, 0) is 27.7 Å². The lowest BCUT2D eigenvalue weighted by Crippen LogP contribution is -2.40. The summed E-state index contributed by atoms with van der Waals surface area (Å²) in [6.07, 6.45) is 0.779. The summed E-state index contributed by atoms with van der Waals surface area (Å²) in [5.41, 5.74) is 2.35. The highest BCUT2D eigenvalue weighted by Gasteiger charge is 2.31. The molecule has 0 aliphatic carbocycles. The molecule has 2 aromatic rings. The maximum absolute atomic E-state index is 12.7. The third-order valence-electron chi connectivity index (χ3n) is 4.77. The first-order valence-corrected chi connectivity index (χ1v) is 10.0. The minimum absolute atomic E-state index is 0.0521. The molecule has 0 atom stereocenters. The lowest BCUT2D eigenvalue weighted by molar-refractivity contribution is 0.0687. The molecule has 0 radical (unpaired) electrons. The van der Waals surface area contributed by atoms with E-state index in [1.165, 1.54) is 22.0 Å². The summed E-state index contributed by atoms with van der Waals surface area (Å²) in [5.74, 6) is -0.237. The van der Waals surface area contributed by atoms with Crippen molar-refractivity contribution in [1.29, 1.82) is 0 Å². The SMILES string of the molecule is O=C(c1ccc(S(=O)(=O)N2CCOCC2)o1)N1CCc2ccccc2C1. The molecule has 1 saturated heterocycles. The Bertz CT molecular complexity index is 915. The summed E-state index contributed by atoms with van der Waals surface area (Å²) in [4.78, 5) is 14.4. The maximum atomic E-state index is 12.7. The first kappa shape index (κ1) is 17.3. The molecule has 138 valence electrons. The van der Waals surface area contributed by atoms with Gasteiger partial charge >= 0.3 is 0 Å². The number of sulfonamides is 1. The quantitative estimate of drug-likeness (QED) is 0.811. The topological polar surface area (TPSA) is 80.1 Å². The number of morpholine rings is 1. The monoisotopic (exact) mass is 376 g/mol. The molecule has 26 heavy (non-hydrogen) atoms. The largest absolute Gasteiger partial charge is 0.438 e. The van der Waals surface area contributed by atoms with Gasteiger partial charge in [-0.25, -0.2) is 8.42 Å². The van der Waals surface area contributed by atoms with Crippen LogP contribution in [0.5, 0.6) is 0 Å². The second-order valence-corrected chi connectivity index (χ2v) is 8.25. The van der Waals surface area contributed by atoms with Crippen molar-refractivity contribution in [2.75, 3.05) is 32.8 Å².